The molecule has 0 amide bonds. The predicted octanol–water partition coefficient (Wildman–Crippen LogP) is -1.90. The van der Waals surface area contributed by atoms with Gasteiger partial charge in [0.15, 0.2) is 0 Å². The standard InChI is InChI=1S/C14H13NSe.BrH/c15-14(13-9-5-2-6-10-13)16-11-12-7-3-1-4-8-12;/h1-10,15H,11H2;1H. The summed E-state index contributed by atoms with van der Waals surface area (Å²) in [4.78, 5) is 0. The number of halogens is 1. The molecule has 0 aliphatic carbocycles. The quantitative estimate of drug-likeness (QED) is 0.490. The molecule has 0 spiro atoms. The van der Waals surface area contributed by atoms with Crippen molar-refractivity contribution in [1.82, 2.24) is 0 Å². The fraction of sp³-hybridized carbons (Fsp3) is 0.0714. The van der Waals surface area contributed by atoms with Crippen LogP contribution in [0.25, 0.3) is 0 Å². The van der Waals surface area contributed by atoms with Crippen molar-refractivity contribution in [3.63, 3.8) is 0 Å². The third kappa shape index (κ3) is 4.47. The van der Waals surface area contributed by atoms with Crippen LogP contribution in [0, 0.1) is 0 Å². The van der Waals surface area contributed by atoms with Gasteiger partial charge in [0.05, 0.1) is 0 Å². The number of hydrogen-bond donors (Lipinski definition) is 1. The number of benzene rings is 2. The van der Waals surface area contributed by atoms with Crippen molar-refractivity contribution in [1.29, 1.82) is 0 Å². The average Bonchev–Trinajstić information content (AvgIpc) is 2.38. The molecule has 0 fully saturated rings. The van der Waals surface area contributed by atoms with Gasteiger partial charge in [0.1, 0.15) is 0 Å². The van der Waals surface area contributed by atoms with Gasteiger partial charge in [0.25, 0.3) is 0 Å². The van der Waals surface area contributed by atoms with Crippen molar-refractivity contribution >= 4 is 19.6 Å². The molecule has 0 heterocycles. The summed E-state index contributed by atoms with van der Waals surface area (Å²) >= 11 is 0.336. The Labute approximate surface area is 119 Å². The Kier molecular flexibility index (Phi) is 6.20. The van der Waals surface area contributed by atoms with Gasteiger partial charge in [-0.3, -0.25) is 0 Å². The predicted molar refractivity (Wildman–Crippen MR) is 68.4 cm³/mol. The normalized spacial score (nSPS) is 9.41. The van der Waals surface area contributed by atoms with Crippen LogP contribution in [0.5, 0.6) is 0 Å². The first-order valence-corrected chi connectivity index (χ1v) is 7.27. The summed E-state index contributed by atoms with van der Waals surface area (Å²) in [5, 5.41) is 7.15. The van der Waals surface area contributed by atoms with E-state index in [0.29, 0.717) is 15.0 Å². The van der Waals surface area contributed by atoms with E-state index < -0.39 is 0 Å². The fourth-order valence-electron chi connectivity index (χ4n) is 1.42. The molecule has 0 aromatic heterocycles. The van der Waals surface area contributed by atoms with E-state index in [9.17, 15) is 0 Å². The van der Waals surface area contributed by atoms with Gasteiger partial charge >= 0.3 is 102 Å². The van der Waals surface area contributed by atoms with E-state index >= 15 is 0 Å². The van der Waals surface area contributed by atoms with Crippen molar-refractivity contribution < 1.29 is 22.4 Å². The second kappa shape index (κ2) is 7.44. The van der Waals surface area contributed by atoms with Crippen LogP contribution in [0.3, 0.4) is 0 Å². The van der Waals surface area contributed by atoms with Gasteiger partial charge in [-0.25, -0.2) is 0 Å². The van der Waals surface area contributed by atoms with Crippen molar-refractivity contribution in [2.75, 3.05) is 0 Å². The minimum absolute atomic E-state index is 0. The summed E-state index contributed by atoms with van der Waals surface area (Å²) in [6.07, 6.45) is 0. The molecular formula is C14H14BrNSe. The van der Waals surface area contributed by atoms with Crippen molar-refractivity contribution in [2.45, 2.75) is 5.32 Å². The van der Waals surface area contributed by atoms with Crippen LogP contribution in [-0.2, 0) is 5.32 Å². The molecule has 2 aromatic rings. The summed E-state index contributed by atoms with van der Waals surface area (Å²) < 4.78 is 1.02. The number of hydrogen-bond acceptors (Lipinski definition) is 0. The molecule has 0 saturated carbocycles. The summed E-state index contributed by atoms with van der Waals surface area (Å²) in [7, 11) is 0. The number of nitrogens with two attached hydrogens (primary N) is 1. The van der Waals surface area contributed by atoms with Crippen molar-refractivity contribution in [3.05, 3.63) is 71.8 Å². The maximum absolute atomic E-state index is 6.09. The molecule has 0 aliphatic rings. The van der Waals surface area contributed by atoms with Crippen molar-refractivity contribution in [3.8, 4) is 0 Å². The maximum atomic E-state index is 6.09. The van der Waals surface area contributed by atoms with E-state index in [1.165, 1.54) is 11.1 Å². The van der Waals surface area contributed by atoms with E-state index in [2.05, 4.69) is 36.4 Å². The average molecular weight is 355 g/mol. The molecule has 17 heavy (non-hydrogen) atoms. The Morgan fingerprint density at radius 3 is 2.00 bits per heavy atom. The van der Waals surface area contributed by atoms with Gasteiger partial charge < -0.3 is 17.0 Å². The van der Waals surface area contributed by atoms with Crippen LogP contribution in [0.2, 0.25) is 0 Å². The molecule has 3 heteroatoms. The van der Waals surface area contributed by atoms with Gasteiger partial charge in [-0.1, -0.05) is 0 Å². The summed E-state index contributed by atoms with van der Waals surface area (Å²) in [5.74, 6) is 0. The van der Waals surface area contributed by atoms with E-state index in [1.54, 1.807) is 0 Å². The molecule has 2 rings (SSSR count). The van der Waals surface area contributed by atoms with E-state index in [0.717, 1.165) is 9.93 Å². The second-order valence-corrected chi connectivity index (χ2v) is 5.64. The van der Waals surface area contributed by atoms with Crippen LogP contribution in [0.4, 0.5) is 0 Å². The molecule has 88 valence electrons. The fourth-order valence-corrected chi connectivity index (χ4v) is 3.14. The van der Waals surface area contributed by atoms with E-state index in [4.69, 9.17) is 5.41 Å². The minimum atomic E-state index is 0. The molecule has 2 aromatic carbocycles. The van der Waals surface area contributed by atoms with Crippen LogP contribution in [-0.4, -0.2) is 19.6 Å². The zero-order valence-electron chi connectivity index (χ0n) is 9.34. The Hall–Kier alpha value is -0.891. The third-order valence-electron chi connectivity index (χ3n) is 2.30. The molecule has 1 nitrogen and oxygen atoms in total. The van der Waals surface area contributed by atoms with E-state index in [-0.39, 0.29) is 17.0 Å². The first kappa shape index (κ1) is 14.2. The Balaban J connectivity index is 0.00000144. The van der Waals surface area contributed by atoms with Gasteiger partial charge in [0.2, 0.25) is 0 Å². The van der Waals surface area contributed by atoms with Crippen LogP contribution >= 0.6 is 0 Å². The zero-order valence-corrected chi connectivity index (χ0v) is 12.6. The Bertz CT molecular complexity index is 456. The molecule has 0 bridgehead atoms. The molecule has 2 N–H and O–H groups in total. The van der Waals surface area contributed by atoms with Crippen molar-refractivity contribution in [2.24, 2.45) is 0 Å². The van der Waals surface area contributed by atoms with Crippen LogP contribution < -0.4 is 22.4 Å². The third-order valence-corrected chi connectivity index (χ3v) is 4.44. The molecule has 0 unspecified atom stereocenters. The van der Waals surface area contributed by atoms with Gasteiger partial charge in [-0.2, -0.15) is 0 Å². The van der Waals surface area contributed by atoms with Gasteiger partial charge in [-0.05, 0) is 0 Å². The molecule has 0 saturated heterocycles. The molecular weight excluding hydrogens is 341 g/mol. The zero-order chi connectivity index (χ0) is 11.2. The number of rotatable bonds is 4. The topological polar surface area (TPSA) is 25.6 Å². The van der Waals surface area contributed by atoms with Crippen LogP contribution in [0.1, 0.15) is 11.1 Å². The first-order valence-electron chi connectivity index (χ1n) is 5.21. The monoisotopic (exact) mass is 355 g/mol. The molecule has 0 radical (unpaired) electrons. The SMILES string of the molecule is [Br-].[NH2+]=C([Se]Cc1ccccc1)c1ccccc1. The van der Waals surface area contributed by atoms with Gasteiger partial charge in [-0.15, -0.1) is 0 Å². The molecule has 0 aliphatic heterocycles. The summed E-state index contributed by atoms with van der Waals surface area (Å²) in [5.41, 5.74) is 2.53. The first-order chi connectivity index (χ1) is 7.86. The molecule has 0 atom stereocenters. The van der Waals surface area contributed by atoms with Gasteiger partial charge in [0, 0.05) is 0 Å². The van der Waals surface area contributed by atoms with E-state index in [1.807, 2.05) is 24.3 Å². The Morgan fingerprint density at radius 1 is 0.882 bits per heavy atom. The van der Waals surface area contributed by atoms with Crippen LogP contribution in [0.15, 0.2) is 60.7 Å². The second-order valence-electron chi connectivity index (χ2n) is 3.50. The Morgan fingerprint density at radius 2 is 1.41 bits per heavy atom. The summed E-state index contributed by atoms with van der Waals surface area (Å²) in [6.45, 7) is 0. The summed E-state index contributed by atoms with van der Waals surface area (Å²) in [6, 6.07) is 20.7.